The number of aliphatic hydroxyl groups excluding tert-OH is 1. The summed E-state index contributed by atoms with van der Waals surface area (Å²) in [5.74, 6) is 0.336. The topological polar surface area (TPSA) is 91.5 Å². The van der Waals surface area contributed by atoms with Gasteiger partial charge in [-0.2, -0.15) is 4.37 Å². The Morgan fingerprint density at radius 1 is 1.72 bits per heavy atom. The van der Waals surface area contributed by atoms with Gasteiger partial charge in [0, 0.05) is 26.7 Å². The lowest BCUT2D eigenvalue weighted by atomic mass is 9.99. The van der Waals surface area contributed by atoms with Gasteiger partial charge >= 0.3 is 0 Å². The van der Waals surface area contributed by atoms with Gasteiger partial charge in [-0.25, -0.2) is 0 Å². The molecule has 0 saturated carbocycles. The van der Waals surface area contributed by atoms with Crippen LogP contribution in [0.1, 0.15) is 23.2 Å². The zero-order chi connectivity index (χ0) is 13.1. The molecular weight excluding hydrogens is 252 g/mol. The van der Waals surface area contributed by atoms with Crippen LogP contribution in [0.25, 0.3) is 0 Å². The van der Waals surface area contributed by atoms with E-state index in [9.17, 15) is 9.90 Å². The highest BCUT2D eigenvalue weighted by Crippen LogP contribution is 2.33. The van der Waals surface area contributed by atoms with Crippen LogP contribution >= 0.6 is 11.5 Å². The summed E-state index contributed by atoms with van der Waals surface area (Å²) in [6, 6.07) is 0. The molecule has 1 aliphatic rings. The van der Waals surface area contributed by atoms with E-state index in [-0.39, 0.29) is 24.2 Å². The van der Waals surface area contributed by atoms with Gasteiger partial charge in [0.1, 0.15) is 10.6 Å². The van der Waals surface area contributed by atoms with Crippen molar-refractivity contribution in [2.24, 2.45) is 5.92 Å². The van der Waals surface area contributed by atoms with Gasteiger partial charge in [0.25, 0.3) is 5.91 Å². The third kappa shape index (κ3) is 2.41. The minimum atomic E-state index is -0.206. The Hall–Kier alpha value is -1.34. The molecule has 1 aliphatic heterocycles. The molecule has 0 spiro atoms. The fraction of sp³-hybridized carbons (Fsp3) is 0.636. The summed E-state index contributed by atoms with van der Waals surface area (Å²) in [6.07, 6.45) is 2.03. The average Bonchev–Trinajstić information content (AvgIpc) is 2.80. The number of nitrogens with one attached hydrogen (secondary N) is 1. The molecule has 1 fully saturated rings. The number of nitrogens with two attached hydrogens (primary N) is 1. The molecule has 18 heavy (non-hydrogen) atoms. The maximum absolute atomic E-state index is 11.8. The SMILES string of the molecule is CNC(=O)c1c(N)nsc1N1CCCC(CO)C1. The molecule has 0 aliphatic carbocycles. The second-order valence-corrected chi connectivity index (χ2v) is 5.22. The number of rotatable bonds is 3. The molecule has 1 atom stereocenters. The van der Waals surface area contributed by atoms with Gasteiger partial charge in [0.2, 0.25) is 0 Å². The predicted octanol–water partition coefficient (Wildman–Crippen LogP) is 0.294. The van der Waals surface area contributed by atoms with Crippen molar-refractivity contribution in [3.8, 4) is 0 Å². The molecule has 6 nitrogen and oxygen atoms in total. The number of amides is 1. The second-order valence-electron chi connectivity index (χ2n) is 4.46. The van der Waals surface area contributed by atoms with Crippen LogP contribution in [0, 0.1) is 5.92 Å². The monoisotopic (exact) mass is 270 g/mol. The molecule has 0 aromatic carbocycles. The van der Waals surface area contributed by atoms with Crippen molar-refractivity contribution in [1.82, 2.24) is 9.69 Å². The number of carbonyl (C=O) groups is 1. The zero-order valence-corrected chi connectivity index (χ0v) is 11.2. The van der Waals surface area contributed by atoms with E-state index in [0.717, 1.165) is 30.9 Å². The number of nitrogens with zero attached hydrogens (tertiary/aromatic N) is 2. The summed E-state index contributed by atoms with van der Waals surface area (Å²) in [5.41, 5.74) is 6.21. The van der Waals surface area contributed by atoms with E-state index >= 15 is 0 Å². The standard InChI is InChI=1S/C11H18N4O2S/c1-13-10(17)8-9(12)14-18-11(8)15-4-2-3-7(5-15)6-16/h7,16H,2-6H2,1H3,(H2,12,14)(H,13,17). The molecule has 2 rings (SSSR count). The second kappa shape index (κ2) is 5.53. The molecule has 4 N–H and O–H groups in total. The Bertz CT molecular complexity index is 435. The molecule has 1 aromatic heterocycles. The van der Waals surface area contributed by atoms with Crippen molar-refractivity contribution < 1.29 is 9.90 Å². The van der Waals surface area contributed by atoms with E-state index in [2.05, 4.69) is 14.6 Å². The molecule has 1 unspecified atom stereocenters. The lowest BCUT2D eigenvalue weighted by molar-refractivity contribution is 0.0964. The van der Waals surface area contributed by atoms with E-state index < -0.39 is 0 Å². The number of hydrogen-bond acceptors (Lipinski definition) is 6. The van der Waals surface area contributed by atoms with Crippen LogP contribution in [0.15, 0.2) is 0 Å². The summed E-state index contributed by atoms with van der Waals surface area (Å²) in [4.78, 5) is 13.9. The number of hydrogen-bond donors (Lipinski definition) is 3. The first-order chi connectivity index (χ1) is 8.67. The number of piperidine rings is 1. The Kier molecular flexibility index (Phi) is 4.03. The Labute approximate surface area is 110 Å². The number of aromatic nitrogens is 1. The highest BCUT2D eigenvalue weighted by molar-refractivity contribution is 7.11. The van der Waals surface area contributed by atoms with Gasteiger partial charge in [0.05, 0.1) is 0 Å². The molecule has 1 saturated heterocycles. The minimum absolute atomic E-state index is 0.181. The fourth-order valence-corrected chi connectivity index (χ4v) is 3.09. The van der Waals surface area contributed by atoms with E-state index in [1.807, 2.05) is 0 Å². The van der Waals surface area contributed by atoms with Crippen LogP contribution in [0.4, 0.5) is 10.8 Å². The van der Waals surface area contributed by atoms with Crippen LogP contribution in [-0.4, -0.2) is 42.1 Å². The van der Waals surface area contributed by atoms with Gasteiger partial charge in [-0.3, -0.25) is 4.79 Å². The Balaban J connectivity index is 2.25. The van der Waals surface area contributed by atoms with Gasteiger partial charge in [-0.1, -0.05) is 0 Å². The Morgan fingerprint density at radius 2 is 2.50 bits per heavy atom. The Morgan fingerprint density at radius 3 is 3.17 bits per heavy atom. The van der Waals surface area contributed by atoms with Crippen molar-refractivity contribution in [3.05, 3.63) is 5.56 Å². The minimum Gasteiger partial charge on any atom is -0.396 e. The molecule has 1 amide bonds. The lowest BCUT2D eigenvalue weighted by Crippen LogP contribution is -2.37. The quantitative estimate of drug-likeness (QED) is 0.734. The number of carbonyl (C=O) groups excluding carboxylic acids is 1. The number of nitrogen functional groups attached to an aromatic ring is 1. The van der Waals surface area contributed by atoms with Crippen molar-refractivity contribution in [1.29, 1.82) is 0 Å². The smallest absolute Gasteiger partial charge is 0.257 e. The van der Waals surface area contributed by atoms with Gasteiger partial charge in [-0.05, 0) is 30.3 Å². The first kappa shape index (κ1) is 13.1. The predicted molar refractivity (Wildman–Crippen MR) is 71.9 cm³/mol. The van der Waals surface area contributed by atoms with Crippen molar-refractivity contribution in [3.63, 3.8) is 0 Å². The summed E-state index contributed by atoms with van der Waals surface area (Å²) < 4.78 is 4.07. The van der Waals surface area contributed by atoms with Crippen molar-refractivity contribution in [2.45, 2.75) is 12.8 Å². The highest BCUT2D eigenvalue weighted by Gasteiger charge is 2.26. The van der Waals surface area contributed by atoms with E-state index in [0.29, 0.717) is 5.56 Å². The summed E-state index contributed by atoms with van der Waals surface area (Å²) in [7, 11) is 1.58. The van der Waals surface area contributed by atoms with Crippen LogP contribution in [0.5, 0.6) is 0 Å². The molecule has 0 bridgehead atoms. The van der Waals surface area contributed by atoms with E-state index in [1.54, 1.807) is 7.05 Å². The maximum atomic E-state index is 11.8. The largest absolute Gasteiger partial charge is 0.396 e. The highest BCUT2D eigenvalue weighted by atomic mass is 32.1. The first-order valence-corrected chi connectivity index (χ1v) is 6.77. The van der Waals surface area contributed by atoms with Crippen LogP contribution in [0.2, 0.25) is 0 Å². The molecular formula is C11H18N4O2S. The fourth-order valence-electron chi connectivity index (χ4n) is 2.25. The third-order valence-corrected chi connectivity index (χ3v) is 4.14. The molecule has 1 aromatic rings. The lowest BCUT2D eigenvalue weighted by Gasteiger charge is -2.32. The first-order valence-electron chi connectivity index (χ1n) is 6.00. The zero-order valence-electron chi connectivity index (χ0n) is 10.3. The van der Waals surface area contributed by atoms with Gasteiger partial charge in [-0.15, -0.1) is 0 Å². The van der Waals surface area contributed by atoms with Gasteiger partial charge < -0.3 is 21.1 Å². The summed E-state index contributed by atoms with van der Waals surface area (Å²) in [5, 5.41) is 12.6. The van der Waals surface area contributed by atoms with E-state index in [4.69, 9.17) is 5.73 Å². The summed E-state index contributed by atoms with van der Waals surface area (Å²) >= 11 is 1.25. The van der Waals surface area contributed by atoms with Crippen molar-refractivity contribution >= 4 is 28.3 Å². The van der Waals surface area contributed by atoms with Crippen LogP contribution < -0.4 is 16.0 Å². The van der Waals surface area contributed by atoms with Gasteiger partial charge in [0.15, 0.2) is 5.82 Å². The molecule has 100 valence electrons. The van der Waals surface area contributed by atoms with Crippen LogP contribution in [-0.2, 0) is 0 Å². The van der Waals surface area contributed by atoms with Crippen molar-refractivity contribution in [2.75, 3.05) is 37.4 Å². The number of anilines is 2. The molecule has 0 radical (unpaired) electrons. The normalized spacial score (nSPS) is 19.9. The third-order valence-electron chi connectivity index (χ3n) is 3.22. The van der Waals surface area contributed by atoms with E-state index in [1.165, 1.54) is 11.5 Å². The maximum Gasteiger partial charge on any atom is 0.257 e. The molecule has 7 heteroatoms. The van der Waals surface area contributed by atoms with Crippen LogP contribution in [0.3, 0.4) is 0 Å². The number of aliphatic hydroxyl groups is 1. The average molecular weight is 270 g/mol. The molecule has 2 heterocycles. The summed E-state index contributed by atoms with van der Waals surface area (Å²) in [6.45, 7) is 1.81.